The van der Waals surface area contributed by atoms with Crippen LogP contribution in [0.25, 0.3) is 0 Å². The number of nitrogens with one attached hydrogen (secondary N) is 1. The third-order valence-corrected chi connectivity index (χ3v) is 5.14. The lowest BCUT2D eigenvalue weighted by Gasteiger charge is -2.22. The van der Waals surface area contributed by atoms with Crippen molar-refractivity contribution in [2.24, 2.45) is 5.10 Å². The summed E-state index contributed by atoms with van der Waals surface area (Å²) < 4.78 is 24.5. The molecule has 122 valence electrons. The van der Waals surface area contributed by atoms with Gasteiger partial charge in [-0.3, -0.25) is 0 Å². The number of hydrogen-bond donors (Lipinski definition) is 1. The van der Waals surface area contributed by atoms with Crippen LogP contribution in [-0.2, 0) is 15.4 Å². The summed E-state index contributed by atoms with van der Waals surface area (Å²) in [5, 5.41) is 4.09. The predicted octanol–water partition coefficient (Wildman–Crippen LogP) is 2.34. The van der Waals surface area contributed by atoms with Crippen LogP contribution >= 0.6 is 0 Å². The Morgan fingerprint density at radius 3 is 2.14 bits per heavy atom. The number of hydrogen-bond acceptors (Lipinski definition) is 4. The third-order valence-electron chi connectivity index (χ3n) is 3.92. The molecule has 1 saturated heterocycles. The van der Waals surface area contributed by atoms with Gasteiger partial charge < -0.3 is 4.90 Å². The summed E-state index contributed by atoms with van der Waals surface area (Å²) in [6, 6.07) is 6.99. The Labute approximate surface area is 133 Å². The molecule has 1 aliphatic rings. The molecule has 6 heteroatoms. The average Bonchev–Trinajstić information content (AvgIpc) is 2.46. The van der Waals surface area contributed by atoms with E-state index in [9.17, 15) is 8.42 Å². The van der Waals surface area contributed by atoms with E-state index in [4.69, 9.17) is 0 Å². The molecular weight excluding hydrogens is 298 g/mol. The van der Waals surface area contributed by atoms with Gasteiger partial charge in [-0.15, -0.1) is 0 Å². The first-order valence-corrected chi connectivity index (χ1v) is 9.03. The molecule has 0 unspecified atom stereocenters. The van der Waals surface area contributed by atoms with Gasteiger partial charge in [0.25, 0.3) is 10.0 Å². The zero-order valence-corrected chi connectivity index (χ0v) is 14.6. The number of piperidine rings is 1. The zero-order chi connectivity index (χ0) is 16.4. The van der Waals surface area contributed by atoms with E-state index in [1.54, 1.807) is 12.1 Å². The van der Waals surface area contributed by atoms with Crippen molar-refractivity contribution < 1.29 is 8.42 Å². The highest BCUT2D eigenvalue weighted by Crippen LogP contribution is 2.23. The number of benzene rings is 1. The van der Waals surface area contributed by atoms with Crippen LogP contribution in [0.15, 0.2) is 34.3 Å². The summed E-state index contributed by atoms with van der Waals surface area (Å²) in [5.41, 5.74) is 2.02. The van der Waals surface area contributed by atoms with Crippen molar-refractivity contribution in [3.8, 4) is 0 Å². The fraction of sp³-hybridized carbons (Fsp3) is 0.562. The van der Waals surface area contributed by atoms with E-state index >= 15 is 0 Å². The maximum Gasteiger partial charge on any atom is 0.276 e. The van der Waals surface area contributed by atoms with Crippen LogP contribution in [0.1, 0.15) is 39.2 Å². The van der Waals surface area contributed by atoms with Crippen molar-refractivity contribution >= 4 is 15.7 Å². The molecule has 2 rings (SSSR count). The first kappa shape index (κ1) is 17.0. The maximum atomic E-state index is 12.3. The molecule has 5 nitrogen and oxygen atoms in total. The van der Waals surface area contributed by atoms with Crippen LogP contribution in [0.3, 0.4) is 0 Å². The van der Waals surface area contributed by atoms with Crippen LogP contribution < -0.4 is 4.83 Å². The van der Waals surface area contributed by atoms with Crippen molar-refractivity contribution in [2.75, 3.05) is 20.1 Å². The van der Waals surface area contributed by atoms with Gasteiger partial charge in [0.15, 0.2) is 0 Å². The molecule has 0 aromatic heterocycles. The second-order valence-corrected chi connectivity index (χ2v) is 8.51. The molecule has 1 N–H and O–H groups in total. The molecule has 22 heavy (non-hydrogen) atoms. The number of sulfonamides is 1. The summed E-state index contributed by atoms with van der Waals surface area (Å²) in [7, 11) is -1.53. The smallest absolute Gasteiger partial charge is 0.276 e. The molecule has 0 amide bonds. The fourth-order valence-electron chi connectivity index (χ4n) is 2.30. The number of nitrogens with zero attached hydrogens (tertiary/aromatic N) is 2. The van der Waals surface area contributed by atoms with Gasteiger partial charge in [0.2, 0.25) is 0 Å². The minimum atomic E-state index is -3.59. The van der Waals surface area contributed by atoms with Crippen molar-refractivity contribution in [2.45, 2.75) is 43.9 Å². The van der Waals surface area contributed by atoms with Crippen molar-refractivity contribution in [3.05, 3.63) is 29.8 Å². The Hall–Kier alpha value is -1.40. The molecule has 0 bridgehead atoms. The van der Waals surface area contributed by atoms with Crippen LogP contribution in [0.2, 0.25) is 0 Å². The predicted molar refractivity (Wildman–Crippen MR) is 89.6 cm³/mol. The van der Waals surface area contributed by atoms with E-state index in [1.807, 2.05) is 12.1 Å². The van der Waals surface area contributed by atoms with Gasteiger partial charge in [-0.2, -0.15) is 13.5 Å². The Morgan fingerprint density at radius 2 is 1.64 bits per heavy atom. The normalized spacial score (nSPS) is 17.4. The van der Waals surface area contributed by atoms with E-state index in [0.717, 1.165) is 37.2 Å². The Morgan fingerprint density at radius 1 is 1.09 bits per heavy atom. The van der Waals surface area contributed by atoms with Crippen LogP contribution in [0, 0.1) is 0 Å². The highest BCUT2D eigenvalue weighted by molar-refractivity contribution is 7.89. The van der Waals surface area contributed by atoms with Gasteiger partial charge in [-0.1, -0.05) is 32.9 Å². The number of hydrazone groups is 1. The van der Waals surface area contributed by atoms with Crippen LogP contribution in [-0.4, -0.2) is 39.2 Å². The van der Waals surface area contributed by atoms with E-state index in [-0.39, 0.29) is 10.3 Å². The van der Waals surface area contributed by atoms with E-state index < -0.39 is 10.0 Å². The lowest BCUT2D eigenvalue weighted by molar-refractivity contribution is 0.335. The molecule has 0 spiro atoms. The largest absolute Gasteiger partial charge is 0.306 e. The summed E-state index contributed by atoms with van der Waals surface area (Å²) in [5.74, 6) is 0. The molecule has 1 heterocycles. The van der Waals surface area contributed by atoms with Gasteiger partial charge in [0.05, 0.1) is 4.90 Å². The minimum Gasteiger partial charge on any atom is -0.306 e. The Balaban J connectivity index is 2.09. The summed E-state index contributed by atoms with van der Waals surface area (Å²) in [4.78, 5) is 4.81. The summed E-state index contributed by atoms with van der Waals surface area (Å²) in [6.07, 6.45) is 1.62. The van der Waals surface area contributed by atoms with Gasteiger partial charge in [0, 0.05) is 31.6 Å². The van der Waals surface area contributed by atoms with E-state index in [0.29, 0.717) is 0 Å². The van der Waals surface area contributed by atoms with E-state index in [2.05, 4.69) is 42.7 Å². The first-order chi connectivity index (χ1) is 10.2. The second kappa shape index (κ2) is 6.38. The van der Waals surface area contributed by atoms with Gasteiger partial charge in [0.1, 0.15) is 0 Å². The highest BCUT2D eigenvalue weighted by Gasteiger charge is 2.18. The first-order valence-electron chi connectivity index (χ1n) is 7.55. The summed E-state index contributed by atoms with van der Waals surface area (Å²) >= 11 is 0. The SMILES string of the molecule is CN1CCC(=NNS(=O)(=O)c2ccc(C(C)(C)C)cc2)CC1. The van der Waals surface area contributed by atoms with E-state index in [1.165, 1.54) is 0 Å². The van der Waals surface area contributed by atoms with Crippen LogP contribution in [0.5, 0.6) is 0 Å². The molecule has 0 saturated carbocycles. The lowest BCUT2D eigenvalue weighted by Crippen LogP contribution is -2.32. The third kappa shape index (κ3) is 4.30. The number of likely N-dealkylation sites (tertiary alicyclic amines) is 1. The van der Waals surface area contributed by atoms with Crippen LogP contribution in [0.4, 0.5) is 0 Å². The lowest BCUT2D eigenvalue weighted by atomic mass is 9.87. The standard InChI is InChI=1S/C16H25N3O2S/c1-16(2,3)13-5-7-15(8-6-13)22(20,21)18-17-14-9-11-19(4)12-10-14/h5-8,18H,9-12H2,1-4H3. The van der Waals surface area contributed by atoms with Crippen molar-refractivity contribution in [3.63, 3.8) is 0 Å². The number of rotatable bonds is 3. The quantitative estimate of drug-likeness (QED) is 0.869. The molecule has 1 aromatic rings. The molecular formula is C16H25N3O2S. The Bertz CT molecular complexity index is 633. The minimum absolute atomic E-state index is 0.00404. The van der Waals surface area contributed by atoms with Gasteiger partial charge >= 0.3 is 0 Å². The van der Waals surface area contributed by atoms with Gasteiger partial charge in [-0.25, -0.2) is 4.83 Å². The van der Waals surface area contributed by atoms with Crippen molar-refractivity contribution in [1.29, 1.82) is 0 Å². The fourth-order valence-corrected chi connectivity index (χ4v) is 3.15. The molecule has 0 radical (unpaired) electrons. The summed E-state index contributed by atoms with van der Waals surface area (Å²) in [6.45, 7) is 8.13. The molecule has 0 atom stereocenters. The maximum absolute atomic E-state index is 12.3. The van der Waals surface area contributed by atoms with Crippen molar-refractivity contribution in [1.82, 2.24) is 9.73 Å². The zero-order valence-electron chi connectivity index (χ0n) is 13.8. The Kier molecular flexibility index (Phi) is 4.92. The molecule has 1 fully saturated rings. The molecule has 1 aromatic carbocycles. The molecule has 1 aliphatic heterocycles. The molecule has 0 aliphatic carbocycles. The topological polar surface area (TPSA) is 61.8 Å². The second-order valence-electron chi connectivity index (χ2n) is 6.85. The highest BCUT2D eigenvalue weighted by atomic mass is 32.2. The monoisotopic (exact) mass is 323 g/mol. The van der Waals surface area contributed by atoms with Gasteiger partial charge in [-0.05, 0) is 30.2 Å². The average molecular weight is 323 g/mol.